The number of rotatable bonds is 6. The Labute approximate surface area is 162 Å². The first-order chi connectivity index (χ1) is 13.0. The van der Waals surface area contributed by atoms with Gasteiger partial charge >= 0.3 is 0 Å². The van der Waals surface area contributed by atoms with Crippen molar-refractivity contribution in [3.05, 3.63) is 52.7 Å². The molecule has 0 bridgehead atoms. The molecule has 3 rings (SSSR count). The fourth-order valence-corrected chi connectivity index (χ4v) is 2.69. The molecule has 0 spiro atoms. The molecule has 0 saturated heterocycles. The summed E-state index contributed by atoms with van der Waals surface area (Å²) in [6, 6.07) is 9.47. The fourth-order valence-electron chi connectivity index (χ4n) is 2.46. The van der Waals surface area contributed by atoms with Crippen molar-refractivity contribution in [1.29, 1.82) is 0 Å². The number of nitrogens with zero attached hydrogens (tertiary/aromatic N) is 3. The molecule has 2 N–H and O–H groups in total. The number of anilines is 4. The lowest BCUT2D eigenvalue weighted by molar-refractivity contribution is 0.405. The molecule has 3 aromatic rings. The Hall–Kier alpha value is -3.06. The summed E-state index contributed by atoms with van der Waals surface area (Å²) in [5.41, 5.74) is 3.96. The molecule has 1 heterocycles. The highest BCUT2D eigenvalue weighted by molar-refractivity contribution is 6.32. The van der Waals surface area contributed by atoms with Crippen LogP contribution in [0.15, 0.2) is 36.5 Å². The van der Waals surface area contributed by atoms with Crippen LogP contribution < -0.4 is 20.1 Å². The predicted octanol–water partition coefficient (Wildman–Crippen LogP) is 4.65. The van der Waals surface area contributed by atoms with E-state index in [1.807, 2.05) is 6.07 Å². The number of nitrogens with one attached hydrogen (secondary N) is 2. The average Bonchev–Trinajstić information content (AvgIpc) is 2.66. The molecule has 0 aliphatic carbocycles. The third-order valence-corrected chi connectivity index (χ3v) is 4.35. The Kier molecular flexibility index (Phi) is 5.61. The number of aromatic nitrogens is 3. The van der Waals surface area contributed by atoms with Crippen molar-refractivity contribution in [2.24, 2.45) is 0 Å². The maximum atomic E-state index is 6.14. The first-order valence-corrected chi connectivity index (χ1v) is 8.60. The minimum absolute atomic E-state index is 0.312. The largest absolute Gasteiger partial charge is 0.495 e. The van der Waals surface area contributed by atoms with Crippen molar-refractivity contribution in [1.82, 2.24) is 15.2 Å². The summed E-state index contributed by atoms with van der Waals surface area (Å²) < 4.78 is 10.6. The van der Waals surface area contributed by atoms with E-state index in [0.717, 1.165) is 5.69 Å². The molecule has 0 atom stereocenters. The quantitative estimate of drug-likeness (QED) is 0.639. The van der Waals surface area contributed by atoms with Crippen molar-refractivity contribution in [3.63, 3.8) is 0 Å². The zero-order valence-corrected chi connectivity index (χ0v) is 16.3. The van der Waals surface area contributed by atoms with E-state index in [1.54, 1.807) is 32.5 Å². The Balaban J connectivity index is 1.85. The fraction of sp³-hybridized carbons (Fsp3) is 0.211. The van der Waals surface area contributed by atoms with Crippen LogP contribution in [0.2, 0.25) is 5.02 Å². The van der Waals surface area contributed by atoms with Gasteiger partial charge in [-0.25, -0.2) is 0 Å². The number of halogens is 1. The highest BCUT2D eigenvalue weighted by Crippen LogP contribution is 2.36. The minimum Gasteiger partial charge on any atom is -0.495 e. The summed E-state index contributed by atoms with van der Waals surface area (Å²) in [6.07, 6.45) is 1.56. The van der Waals surface area contributed by atoms with Gasteiger partial charge in [-0.05, 0) is 37.1 Å². The lowest BCUT2D eigenvalue weighted by Gasteiger charge is -2.13. The van der Waals surface area contributed by atoms with Crippen LogP contribution in [0.3, 0.4) is 0 Å². The van der Waals surface area contributed by atoms with Gasteiger partial charge in [0.2, 0.25) is 5.95 Å². The van der Waals surface area contributed by atoms with E-state index in [4.69, 9.17) is 21.1 Å². The molecule has 0 unspecified atom stereocenters. The number of aryl methyl sites for hydroxylation is 2. The maximum Gasteiger partial charge on any atom is 0.249 e. The second-order valence-corrected chi connectivity index (χ2v) is 6.31. The molecule has 8 heteroatoms. The van der Waals surface area contributed by atoms with Gasteiger partial charge < -0.3 is 20.1 Å². The Morgan fingerprint density at radius 2 is 1.70 bits per heavy atom. The molecule has 0 aliphatic rings. The Morgan fingerprint density at radius 3 is 2.41 bits per heavy atom. The first kappa shape index (κ1) is 18.7. The van der Waals surface area contributed by atoms with Crippen LogP contribution in [0.5, 0.6) is 11.5 Å². The molecule has 0 aliphatic heterocycles. The molecular weight excluding hydrogens is 366 g/mol. The molecule has 7 nitrogen and oxygen atoms in total. The predicted molar refractivity (Wildman–Crippen MR) is 107 cm³/mol. The number of benzene rings is 2. The summed E-state index contributed by atoms with van der Waals surface area (Å²) in [4.78, 5) is 4.44. The lowest BCUT2D eigenvalue weighted by Crippen LogP contribution is -2.04. The zero-order chi connectivity index (χ0) is 19.4. The zero-order valence-electron chi connectivity index (χ0n) is 15.5. The van der Waals surface area contributed by atoms with Crippen LogP contribution in [0, 0.1) is 13.8 Å². The normalized spacial score (nSPS) is 10.4. The monoisotopic (exact) mass is 385 g/mol. The van der Waals surface area contributed by atoms with Gasteiger partial charge in [0, 0.05) is 17.8 Å². The molecule has 0 saturated carbocycles. The molecule has 0 radical (unpaired) electrons. The van der Waals surface area contributed by atoms with Gasteiger partial charge in [-0.1, -0.05) is 17.7 Å². The van der Waals surface area contributed by atoms with Crippen LogP contribution in [-0.2, 0) is 0 Å². The summed E-state index contributed by atoms with van der Waals surface area (Å²) in [7, 11) is 3.10. The summed E-state index contributed by atoms with van der Waals surface area (Å²) in [6.45, 7) is 4.13. The van der Waals surface area contributed by atoms with Gasteiger partial charge in [0.25, 0.3) is 0 Å². The molecule has 0 amide bonds. The smallest absolute Gasteiger partial charge is 0.249 e. The summed E-state index contributed by atoms with van der Waals surface area (Å²) in [5, 5.41) is 14.8. The van der Waals surface area contributed by atoms with Gasteiger partial charge in [-0.3, -0.25) is 0 Å². The van der Waals surface area contributed by atoms with E-state index in [-0.39, 0.29) is 0 Å². The molecular formula is C19H20ClN5O2. The van der Waals surface area contributed by atoms with Gasteiger partial charge in [0.15, 0.2) is 5.82 Å². The minimum atomic E-state index is 0.312. The van der Waals surface area contributed by atoms with E-state index < -0.39 is 0 Å². The molecule has 27 heavy (non-hydrogen) atoms. The second-order valence-electron chi connectivity index (χ2n) is 5.90. The average molecular weight is 386 g/mol. The SMILES string of the molecule is COc1cc(Nc2nncc(Nc3ccc(C)c(C)c3)n2)c(OC)cc1Cl. The lowest BCUT2D eigenvalue weighted by atomic mass is 10.1. The van der Waals surface area contributed by atoms with E-state index in [9.17, 15) is 0 Å². The number of hydrogen-bond donors (Lipinski definition) is 2. The van der Waals surface area contributed by atoms with E-state index in [2.05, 4.69) is 51.8 Å². The Bertz CT molecular complexity index is 965. The number of hydrogen-bond acceptors (Lipinski definition) is 7. The molecule has 0 fully saturated rings. The third-order valence-electron chi connectivity index (χ3n) is 4.06. The Morgan fingerprint density at radius 1 is 0.926 bits per heavy atom. The van der Waals surface area contributed by atoms with Gasteiger partial charge in [0.1, 0.15) is 11.5 Å². The van der Waals surface area contributed by atoms with Crippen LogP contribution in [-0.4, -0.2) is 29.4 Å². The molecule has 140 valence electrons. The van der Waals surface area contributed by atoms with Crippen molar-refractivity contribution in [2.75, 3.05) is 24.9 Å². The van der Waals surface area contributed by atoms with Crippen molar-refractivity contribution in [2.45, 2.75) is 13.8 Å². The van der Waals surface area contributed by atoms with Crippen LogP contribution in [0.25, 0.3) is 0 Å². The van der Waals surface area contributed by atoms with E-state index in [0.29, 0.717) is 34.0 Å². The first-order valence-electron chi connectivity index (χ1n) is 8.22. The van der Waals surface area contributed by atoms with Crippen LogP contribution in [0.4, 0.5) is 23.1 Å². The van der Waals surface area contributed by atoms with E-state index in [1.165, 1.54) is 11.1 Å². The molecule has 2 aromatic carbocycles. The van der Waals surface area contributed by atoms with Crippen molar-refractivity contribution < 1.29 is 9.47 Å². The summed E-state index contributed by atoms with van der Waals surface area (Å²) in [5.74, 6) is 1.93. The van der Waals surface area contributed by atoms with Crippen LogP contribution >= 0.6 is 11.6 Å². The van der Waals surface area contributed by atoms with Crippen molar-refractivity contribution in [3.8, 4) is 11.5 Å². The second kappa shape index (κ2) is 8.09. The summed E-state index contributed by atoms with van der Waals surface area (Å²) >= 11 is 6.14. The van der Waals surface area contributed by atoms with E-state index >= 15 is 0 Å². The van der Waals surface area contributed by atoms with Crippen LogP contribution in [0.1, 0.15) is 11.1 Å². The van der Waals surface area contributed by atoms with Gasteiger partial charge in [-0.2, -0.15) is 10.1 Å². The third kappa shape index (κ3) is 4.38. The number of methoxy groups -OCH3 is 2. The van der Waals surface area contributed by atoms with Crippen molar-refractivity contribution >= 4 is 34.7 Å². The molecule has 1 aromatic heterocycles. The highest BCUT2D eigenvalue weighted by atomic mass is 35.5. The number of ether oxygens (including phenoxy) is 2. The van der Waals surface area contributed by atoms with Gasteiger partial charge in [-0.15, -0.1) is 5.10 Å². The highest BCUT2D eigenvalue weighted by Gasteiger charge is 2.12. The standard InChI is InChI=1S/C19H20ClN5O2/c1-11-5-6-13(7-12(11)2)22-18-10-21-25-19(24-18)23-15-9-16(26-3)14(20)8-17(15)27-4/h5-10H,1-4H3,(H2,22,23,24,25). The maximum absolute atomic E-state index is 6.14. The van der Waals surface area contributed by atoms with Gasteiger partial charge in [0.05, 0.1) is 31.1 Å². The topological polar surface area (TPSA) is 81.2 Å².